The SMILES string of the molecule is [CH2]CCCCCP(=O)(O)O. The predicted octanol–water partition coefficient (Wildman–Crippen LogP) is 1.56. The first-order chi connectivity index (χ1) is 4.56. The maximum atomic E-state index is 10.3. The van der Waals surface area contributed by atoms with Crippen LogP contribution in [0.3, 0.4) is 0 Å². The molecule has 0 fully saturated rings. The highest BCUT2D eigenvalue weighted by molar-refractivity contribution is 7.51. The Hall–Kier alpha value is 0.150. The average Bonchev–Trinajstić information content (AvgIpc) is 1.78. The van der Waals surface area contributed by atoms with Crippen LogP contribution < -0.4 is 0 Å². The highest BCUT2D eigenvalue weighted by Crippen LogP contribution is 2.35. The third-order valence-electron chi connectivity index (χ3n) is 1.20. The van der Waals surface area contributed by atoms with E-state index in [4.69, 9.17) is 9.79 Å². The fourth-order valence-electron chi connectivity index (χ4n) is 0.671. The second-order valence-corrected chi connectivity index (χ2v) is 4.08. The van der Waals surface area contributed by atoms with Crippen molar-refractivity contribution in [3.63, 3.8) is 0 Å². The van der Waals surface area contributed by atoms with Gasteiger partial charge in [0.25, 0.3) is 0 Å². The largest absolute Gasteiger partial charge is 0.325 e. The first kappa shape index (κ1) is 10.2. The minimum atomic E-state index is -3.73. The summed E-state index contributed by atoms with van der Waals surface area (Å²) >= 11 is 0. The molecular formula is C6H14O3P. The molecule has 0 aromatic carbocycles. The molecule has 0 atom stereocenters. The van der Waals surface area contributed by atoms with Gasteiger partial charge in [0.2, 0.25) is 0 Å². The van der Waals surface area contributed by atoms with Crippen molar-refractivity contribution in [2.45, 2.75) is 25.7 Å². The highest BCUT2D eigenvalue weighted by Gasteiger charge is 2.10. The summed E-state index contributed by atoms with van der Waals surface area (Å²) < 4.78 is 10.3. The van der Waals surface area contributed by atoms with Gasteiger partial charge in [0.1, 0.15) is 0 Å². The van der Waals surface area contributed by atoms with Crippen LogP contribution >= 0.6 is 7.60 Å². The Morgan fingerprint density at radius 3 is 2.20 bits per heavy atom. The normalized spacial score (nSPS) is 11.9. The molecule has 0 heterocycles. The molecule has 3 nitrogen and oxygen atoms in total. The molecule has 0 aromatic rings. The second kappa shape index (κ2) is 4.89. The molecular weight excluding hydrogens is 151 g/mol. The van der Waals surface area contributed by atoms with Crippen LogP contribution in [-0.4, -0.2) is 15.9 Å². The summed E-state index contributed by atoms with van der Waals surface area (Å²) in [5, 5.41) is 0. The van der Waals surface area contributed by atoms with Crippen LogP contribution in [0.15, 0.2) is 0 Å². The molecule has 0 aliphatic rings. The lowest BCUT2D eigenvalue weighted by molar-refractivity contribution is 0.371. The summed E-state index contributed by atoms with van der Waals surface area (Å²) in [6, 6.07) is 0. The van der Waals surface area contributed by atoms with Crippen LogP contribution in [0.4, 0.5) is 0 Å². The summed E-state index contributed by atoms with van der Waals surface area (Å²) in [7, 11) is -3.73. The Morgan fingerprint density at radius 2 is 1.80 bits per heavy atom. The molecule has 0 aliphatic carbocycles. The molecule has 2 N–H and O–H groups in total. The lowest BCUT2D eigenvalue weighted by Gasteiger charge is -2.01. The fourth-order valence-corrected chi connectivity index (χ4v) is 1.31. The van der Waals surface area contributed by atoms with Gasteiger partial charge in [-0.15, -0.1) is 0 Å². The molecule has 0 aliphatic heterocycles. The molecule has 0 bridgehead atoms. The monoisotopic (exact) mass is 165 g/mol. The van der Waals surface area contributed by atoms with E-state index in [2.05, 4.69) is 6.92 Å². The van der Waals surface area contributed by atoms with Gasteiger partial charge < -0.3 is 9.79 Å². The number of hydrogen-bond donors (Lipinski definition) is 2. The maximum Gasteiger partial charge on any atom is 0.325 e. The van der Waals surface area contributed by atoms with Crippen LogP contribution in [0.1, 0.15) is 25.7 Å². The Kier molecular flexibility index (Phi) is 4.96. The number of unbranched alkanes of at least 4 members (excludes halogenated alkanes) is 3. The molecule has 0 aromatic heterocycles. The minimum Gasteiger partial charge on any atom is -0.324 e. The number of rotatable bonds is 5. The summed E-state index contributed by atoms with van der Waals surface area (Å²) in [6.45, 7) is 3.63. The number of hydrogen-bond acceptors (Lipinski definition) is 1. The smallest absolute Gasteiger partial charge is 0.324 e. The molecule has 1 radical (unpaired) electrons. The Labute approximate surface area is 61.6 Å². The van der Waals surface area contributed by atoms with Gasteiger partial charge in [0.05, 0.1) is 0 Å². The van der Waals surface area contributed by atoms with E-state index in [0.29, 0.717) is 6.42 Å². The molecule has 0 unspecified atom stereocenters. The first-order valence-electron chi connectivity index (χ1n) is 3.40. The fraction of sp³-hybridized carbons (Fsp3) is 0.833. The second-order valence-electron chi connectivity index (χ2n) is 2.30. The van der Waals surface area contributed by atoms with Crippen molar-refractivity contribution in [2.24, 2.45) is 0 Å². The van der Waals surface area contributed by atoms with Crippen LogP contribution in [0.25, 0.3) is 0 Å². The quantitative estimate of drug-likeness (QED) is 0.480. The van der Waals surface area contributed by atoms with E-state index in [-0.39, 0.29) is 6.16 Å². The highest BCUT2D eigenvalue weighted by atomic mass is 31.2. The van der Waals surface area contributed by atoms with Gasteiger partial charge >= 0.3 is 7.60 Å². The van der Waals surface area contributed by atoms with Gasteiger partial charge in [0, 0.05) is 6.16 Å². The topological polar surface area (TPSA) is 57.5 Å². The molecule has 0 saturated heterocycles. The molecule has 10 heavy (non-hydrogen) atoms. The molecule has 0 amide bonds. The zero-order chi connectivity index (χ0) is 8.04. The predicted molar refractivity (Wildman–Crippen MR) is 40.7 cm³/mol. The van der Waals surface area contributed by atoms with Crippen molar-refractivity contribution >= 4 is 7.60 Å². The van der Waals surface area contributed by atoms with E-state index >= 15 is 0 Å². The third kappa shape index (κ3) is 8.15. The van der Waals surface area contributed by atoms with Gasteiger partial charge in [0.15, 0.2) is 0 Å². The van der Waals surface area contributed by atoms with Crippen LogP contribution in [-0.2, 0) is 4.57 Å². The minimum absolute atomic E-state index is 0.0208. The maximum absolute atomic E-state index is 10.3. The lowest BCUT2D eigenvalue weighted by Crippen LogP contribution is -1.87. The van der Waals surface area contributed by atoms with E-state index < -0.39 is 7.60 Å². The van der Waals surface area contributed by atoms with E-state index in [1.165, 1.54) is 0 Å². The van der Waals surface area contributed by atoms with Crippen LogP contribution in [0, 0.1) is 6.92 Å². The summed E-state index contributed by atoms with van der Waals surface area (Å²) in [5.41, 5.74) is 0. The third-order valence-corrected chi connectivity index (χ3v) is 2.10. The molecule has 4 heteroatoms. The Bertz CT molecular complexity index is 118. The zero-order valence-corrected chi connectivity index (χ0v) is 6.89. The first-order valence-corrected chi connectivity index (χ1v) is 5.20. The summed E-state index contributed by atoms with van der Waals surface area (Å²) in [5.74, 6) is 0. The van der Waals surface area contributed by atoms with E-state index in [0.717, 1.165) is 19.3 Å². The van der Waals surface area contributed by atoms with Crippen molar-refractivity contribution in [1.82, 2.24) is 0 Å². The van der Waals surface area contributed by atoms with Crippen molar-refractivity contribution in [1.29, 1.82) is 0 Å². The zero-order valence-electron chi connectivity index (χ0n) is 5.99. The molecule has 0 spiro atoms. The lowest BCUT2D eigenvalue weighted by atomic mass is 10.2. The van der Waals surface area contributed by atoms with Crippen molar-refractivity contribution in [3.8, 4) is 0 Å². The van der Waals surface area contributed by atoms with Crippen molar-refractivity contribution < 1.29 is 14.4 Å². The Balaban J connectivity index is 3.13. The van der Waals surface area contributed by atoms with E-state index in [9.17, 15) is 4.57 Å². The molecule has 61 valence electrons. The van der Waals surface area contributed by atoms with E-state index in [1.807, 2.05) is 0 Å². The molecule has 0 rings (SSSR count). The summed E-state index contributed by atoms with van der Waals surface area (Å²) in [4.78, 5) is 16.8. The molecule has 0 saturated carbocycles. The Morgan fingerprint density at radius 1 is 1.20 bits per heavy atom. The standard InChI is InChI=1S/C6H14O3P/c1-2-3-4-5-6-10(7,8)9/h1-6H2,(H2,7,8,9). The van der Waals surface area contributed by atoms with Gasteiger partial charge in [-0.25, -0.2) is 0 Å². The van der Waals surface area contributed by atoms with Gasteiger partial charge in [-0.3, -0.25) is 4.57 Å². The van der Waals surface area contributed by atoms with Crippen molar-refractivity contribution in [3.05, 3.63) is 6.92 Å². The van der Waals surface area contributed by atoms with Crippen LogP contribution in [0.5, 0.6) is 0 Å². The van der Waals surface area contributed by atoms with Gasteiger partial charge in [-0.05, 0) is 6.42 Å². The average molecular weight is 165 g/mol. The van der Waals surface area contributed by atoms with Crippen molar-refractivity contribution in [2.75, 3.05) is 6.16 Å². The summed E-state index contributed by atoms with van der Waals surface area (Å²) in [6.07, 6.45) is 3.31. The van der Waals surface area contributed by atoms with Crippen LogP contribution in [0.2, 0.25) is 0 Å². The van der Waals surface area contributed by atoms with Gasteiger partial charge in [-0.1, -0.05) is 26.2 Å². The van der Waals surface area contributed by atoms with Gasteiger partial charge in [-0.2, -0.15) is 0 Å². The van der Waals surface area contributed by atoms with E-state index in [1.54, 1.807) is 0 Å².